The summed E-state index contributed by atoms with van der Waals surface area (Å²) in [5, 5.41) is 8.03. The summed E-state index contributed by atoms with van der Waals surface area (Å²) >= 11 is 3.57. The summed E-state index contributed by atoms with van der Waals surface area (Å²) in [7, 11) is 0. The van der Waals surface area contributed by atoms with Crippen LogP contribution in [-0.4, -0.2) is 16.3 Å². The lowest BCUT2D eigenvalue weighted by atomic mass is 10.3. The van der Waals surface area contributed by atoms with E-state index in [9.17, 15) is 0 Å². The van der Waals surface area contributed by atoms with Gasteiger partial charge in [0.25, 0.3) is 0 Å². The molecule has 1 aromatic heterocycles. The number of anilines is 1. The van der Waals surface area contributed by atoms with Crippen LogP contribution in [-0.2, 0) is 0 Å². The second-order valence-electron chi connectivity index (χ2n) is 4.86. The van der Waals surface area contributed by atoms with Crippen molar-refractivity contribution in [3.05, 3.63) is 40.5 Å². The quantitative estimate of drug-likeness (QED) is 0.932. The van der Waals surface area contributed by atoms with Gasteiger partial charge in [0.05, 0.1) is 5.69 Å². The van der Waals surface area contributed by atoms with Gasteiger partial charge in [-0.15, -0.1) is 0 Å². The van der Waals surface area contributed by atoms with Crippen LogP contribution in [0.4, 0.5) is 5.82 Å². The van der Waals surface area contributed by atoms with Gasteiger partial charge in [-0.3, -0.25) is 0 Å². The highest BCUT2D eigenvalue weighted by Crippen LogP contribution is 2.29. The molecule has 1 aliphatic carbocycles. The molecule has 4 heteroatoms. The zero-order valence-corrected chi connectivity index (χ0v) is 11.9. The van der Waals surface area contributed by atoms with E-state index in [-0.39, 0.29) is 0 Å². The highest BCUT2D eigenvalue weighted by Gasteiger charge is 2.21. The van der Waals surface area contributed by atoms with Crippen molar-refractivity contribution in [2.24, 2.45) is 5.92 Å². The lowest BCUT2D eigenvalue weighted by Crippen LogP contribution is -2.05. The minimum Gasteiger partial charge on any atom is -0.368 e. The Morgan fingerprint density at radius 3 is 2.89 bits per heavy atom. The van der Waals surface area contributed by atoms with Crippen molar-refractivity contribution in [3.8, 4) is 5.69 Å². The molecule has 0 saturated heterocycles. The van der Waals surface area contributed by atoms with Crippen molar-refractivity contribution in [1.29, 1.82) is 0 Å². The van der Waals surface area contributed by atoms with Gasteiger partial charge in [0.2, 0.25) is 0 Å². The second kappa shape index (κ2) is 4.76. The van der Waals surface area contributed by atoms with Crippen LogP contribution in [0.1, 0.15) is 18.5 Å². The molecular weight excluding hydrogens is 290 g/mol. The van der Waals surface area contributed by atoms with Crippen molar-refractivity contribution >= 4 is 21.7 Å². The summed E-state index contributed by atoms with van der Waals surface area (Å²) in [6, 6.07) is 10.2. The lowest BCUT2D eigenvalue weighted by Gasteiger charge is -2.06. The Hall–Kier alpha value is -1.29. The van der Waals surface area contributed by atoms with Gasteiger partial charge in [-0.25, -0.2) is 4.68 Å². The van der Waals surface area contributed by atoms with Crippen LogP contribution in [0.5, 0.6) is 0 Å². The largest absolute Gasteiger partial charge is 0.368 e. The fraction of sp³-hybridized carbons (Fsp3) is 0.357. The average molecular weight is 306 g/mol. The number of benzene rings is 1. The van der Waals surface area contributed by atoms with Crippen molar-refractivity contribution in [3.63, 3.8) is 0 Å². The number of aryl methyl sites for hydroxylation is 1. The maximum atomic E-state index is 4.62. The van der Waals surface area contributed by atoms with Crippen molar-refractivity contribution < 1.29 is 0 Å². The van der Waals surface area contributed by atoms with Crippen LogP contribution >= 0.6 is 15.9 Å². The molecule has 3 nitrogen and oxygen atoms in total. The Kier molecular flexibility index (Phi) is 3.12. The molecule has 0 bridgehead atoms. The van der Waals surface area contributed by atoms with Gasteiger partial charge in [-0.2, -0.15) is 5.10 Å². The van der Waals surface area contributed by atoms with Crippen LogP contribution in [0.3, 0.4) is 0 Å². The van der Waals surface area contributed by atoms with Crippen LogP contribution in [0.25, 0.3) is 5.69 Å². The third-order valence-electron chi connectivity index (χ3n) is 3.24. The van der Waals surface area contributed by atoms with Gasteiger partial charge >= 0.3 is 0 Å². The first-order valence-electron chi connectivity index (χ1n) is 6.29. The first-order chi connectivity index (χ1) is 8.74. The summed E-state index contributed by atoms with van der Waals surface area (Å²) in [4.78, 5) is 0. The first-order valence-corrected chi connectivity index (χ1v) is 7.09. The molecule has 0 unspecified atom stereocenters. The standard InChI is InChI=1S/C14H16BrN3/c1-10-8-14(16-9-11-6-7-11)17-18(10)13-5-3-2-4-12(13)15/h2-5,8,11H,6-7,9H2,1H3,(H,16,17). The molecule has 94 valence electrons. The van der Waals surface area contributed by atoms with E-state index in [0.717, 1.165) is 34.1 Å². The molecule has 1 aromatic carbocycles. The molecule has 1 aliphatic rings. The number of nitrogens with one attached hydrogen (secondary N) is 1. The smallest absolute Gasteiger partial charge is 0.148 e. The molecule has 1 fully saturated rings. The van der Waals surface area contributed by atoms with E-state index in [1.54, 1.807) is 0 Å². The number of hydrogen-bond donors (Lipinski definition) is 1. The van der Waals surface area contributed by atoms with E-state index < -0.39 is 0 Å². The van der Waals surface area contributed by atoms with Gasteiger partial charge in [-0.1, -0.05) is 12.1 Å². The fourth-order valence-corrected chi connectivity index (χ4v) is 2.45. The van der Waals surface area contributed by atoms with Crippen molar-refractivity contribution in [2.75, 3.05) is 11.9 Å². The molecule has 0 spiro atoms. The van der Waals surface area contributed by atoms with Crippen molar-refractivity contribution in [2.45, 2.75) is 19.8 Å². The maximum Gasteiger partial charge on any atom is 0.148 e. The molecule has 0 atom stereocenters. The summed E-state index contributed by atoms with van der Waals surface area (Å²) in [6.45, 7) is 3.13. The molecule has 0 aliphatic heterocycles. The molecule has 1 heterocycles. The van der Waals surface area contributed by atoms with Crippen LogP contribution in [0.2, 0.25) is 0 Å². The Balaban J connectivity index is 1.85. The molecule has 1 N–H and O–H groups in total. The van der Waals surface area contributed by atoms with E-state index >= 15 is 0 Å². The van der Waals surface area contributed by atoms with Gasteiger partial charge < -0.3 is 5.32 Å². The summed E-state index contributed by atoms with van der Waals surface area (Å²) in [5.74, 6) is 1.83. The second-order valence-corrected chi connectivity index (χ2v) is 5.71. The van der Waals surface area contributed by atoms with Gasteiger partial charge in [0.1, 0.15) is 5.82 Å². The SMILES string of the molecule is Cc1cc(NCC2CC2)nn1-c1ccccc1Br. The highest BCUT2D eigenvalue weighted by molar-refractivity contribution is 9.10. The molecule has 2 aromatic rings. The minimum atomic E-state index is 0.860. The molecule has 3 rings (SSSR count). The predicted octanol–water partition coefficient (Wildman–Crippen LogP) is 3.77. The highest BCUT2D eigenvalue weighted by atomic mass is 79.9. The Morgan fingerprint density at radius 2 is 2.17 bits per heavy atom. The van der Waals surface area contributed by atoms with Gasteiger partial charge in [0, 0.05) is 22.8 Å². The number of rotatable bonds is 4. The number of hydrogen-bond acceptors (Lipinski definition) is 2. The Bertz CT molecular complexity index is 558. The number of para-hydroxylation sites is 1. The summed E-state index contributed by atoms with van der Waals surface area (Å²) < 4.78 is 3.03. The first kappa shape index (κ1) is 11.8. The van der Waals surface area contributed by atoms with E-state index in [0.29, 0.717) is 0 Å². The van der Waals surface area contributed by atoms with Gasteiger partial charge in [0.15, 0.2) is 0 Å². The molecule has 0 radical (unpaired) electrons. The summed E-state index contributed by atoms with van der Waals surface area (Å²) in [5.41, 5.74) is 2.22. The predicted molar refractivity (Wildman–Crippen MR) is 77.2 cm³/mol. The zero-order chi connectivity index (χ0) is 12.5. The Morgan fingerprint density at radius 1 is 1.39 bits per heavy atom. The Labute approximate surface area is 115 Å². The zero-order valence-electron chi connectivity index (χ0n) is 10.4. The monoisotopic (exact) mass is 305 g/mol. The van der Waals surface area contributed by atoms with E-state index in [2.05, 4.69) is 45.4 Å². The number of nitrogens with zero attached hydrogens (tertiary/aromatic N) is 2. The molecule has 0 amide bonds. The van der Waals surface area contributed by atoms with E-state index in [1.807, 2.05) is 22.9 Å². The molecule has 18 heavy (non-hydrogen) atoms. The van der Waals surface area contributed by atoms with Crippen molar-refractivity contribution in [1.82, 2.24) is 9.78 Å². The minimum absolute atomic E-state index is 0.860. The third kappa shape index (κ3) is 2.43. The lowest BCUT2D eigenvalue weighted by molar-refractivity contribution is 0.830. The topological polar surface area (TPSA) is 29.9 Å². The molecule has 1 saturated carbocycles. The third-order valence-corrected chi connectivity index (χ3v) is 3.91. The maximum absolute atomic E-state index is 4.62. The van der Waals surface area contributed by atoms with Crippen LogP contribution in [0, 0.1) is 12.8 Å². The normalized spacial score (nSPS) is 14.8. The number of halogens is 1. The summed E-state index contributed by atoms with van der Waals surface area (Å²) in [6.07, 6.45) is 2.72. The fourth-order valence-electron chi connectivity index (χ4n) is 2.00. The average Bonchev–Trinajstić information content (AvgIpc) is 3.11. The van der Waals surface area contributed by atoms with Gasteiger partial charge in [-0.05, 0) is 53.7 Å². The number of aromatic nitrogens is 2. The van der Waals surface area contributed by atoms with Crippen LogP contribution < -0.4 is 5.32 Å². The molecular formula is C14H16BrN3. The van der Waals surface area contributed by atoms with E-state index in [1.165, 1.54) is 12.8 Å². The van der Waals surface area contributed by atoms with Crippen LogP contribution in [0.15, 0.2) is 34.8 Å². The van der Waals surface area contributed by atoms with E-state index in [4.69, 9.17) is 0 Å².